The van der Waals surface area contributed by atoms with Crippen LogP contribution < -0.4 is 29.7 Å². The molecular weight excluding hydrogens is 529 g/mol. The molecule has 2 rings (SSSR count). The summed E-state index contributed by atoms with van der Waals surface area (Å²) in [6.45, 7) is 3.63. The second-order valence-corrected chi connectivity index (χ2v) is 7.91. The summed E-state index contributed by atoms with van der Waals surface area (Å²) in [5.74, 6) is 1.25. The Labute approximate surface area is 200 Å². The molecule has 2 amide bonds. The zero-order chi connectivity index (χ0) is 23.7. The maximum atomic E-state index is 12.3. The van der Waals surface area contributed by atoms with Gasteiger partial charge in [-0.3, -0.25) is 9.59 Å². The van der Waals surface area contributed by atoms with Crippen LogP contribution in [0.15, 0.2) is 35.4 Å². The summed E-state index contributed by atoms with van der Waals surface area (Å²) < 4.78 is 22.3. The second kappa shape index (κ2) is 12.1. The molecule has 0 saturated heterocycles. The Morgan fingerprint density at radius 1 is 1.03 bits per heavy atom. The van der Waals surface area contributed by atoms with Crippen molar-refractivity contribution in [3.8, 4) is 23.0 Å². The zero-order valence-corrected chi connectivity index (χ0v) is 20.7. The molecule has 0 aromatic heterocycles. The summed E-state index contributed by atoms with van der Waals surface area (Å²) in [5.41, 5.74) is 3.44. The van der Waals surface area contributed by atoms with Crippen molar-refractivity contribution in [2.45, 2.75) is 20.0 Å². The topological polar surface area (TPSA) is 107 Å². The number of nitrogens with zero attached hydrogens (tertiary/aromatic N) is 1. The standard InChI is InChI=1S/C22H26IN3O6/c1-13(2)32-21-16(23)8-14(9-19(21)31-5)11-25-26-20(27)12-24-22(28)15-6-7-17(29-3)18(10-15)30-4/h6-11,13H,12H2,1-5H3,(H,24,28)(H,26,27). The fraction of sp³-hybridized carbons (Fsp3) is 0.318. The average molecular weight is 555 g/mol. The lowest BCUT2D eigenvalue weighted by Crippen LogP contribution is -2.34. The van der Waals surface area contributed by atoms with Gasteiger partial charge in [-0.2, -0.15) is 5.10 Å². The molecule has 0 unspecified atom stereocenters. The summed E-state index contributed by atoms with van der Waals surface area (Å²) >= 11 is 2.15. The van der Waals surface area contributed by atoms with E-state index in [2.05, 4.69) is 38.4 Å². The van der Waals surface area contributed by atoms with Crippen molar-refractivity contribution >= 4 is 40.6 Å². The van der Waals surface area contributed by atoms with Crippen LogP contribution in [0.3, 0.4) is 0 Å². The van der Waals surface area contributed by atoms with Crippen LogP contribution in [-0.2, 0) is 4.79 Å². The van der Waals surface area contributed by atoms with Crippen LogP contribution in [0.25, 0.3) is 0 Å². The smallest absolute Gasteiger partial charge is 0.259 e. The number of hydrogen-bond acceptors (Lipinski definition) is 7. The van der Waals surface area contributed by atoms with E-state index in [4.69, 9.17) is 18.9 Å². The van der Waals surface area contributed by atoms with Crippen molar-refractivity contribution in [1.82, 2.24) is 10.7 Å². The van der Waals surface area contributed by atoms with E-state index in [-0.39, 0.29) is 12.6 Å². The number of nitrogens with one attached hydrogen (secondary N) is 2. The van der Waals surface area contributed by atoms with Crippen LogP contribution in [0.4, 0.5) is 0 Å². The molecule has 2 aromatic rings. The van der Waals surface area contributed by atoms with Gasteiger partial charge in [0.15, 0.2) is 23.0 Å². The molecule has 2 N–H and O–H groups in total. The predicted molar refractivity (Wildman–Crippen MR) is 129 cm³/mol. The molecule has 0 atom stereocenters. The lowest BCUT2D eigenvalue weighted by molar-refractivity contribution is -0.120. The largest absolute Gasteiger partial charge is 0.493 e. The molecule has 10 heteroatoms. The minimum absolute atomic E-state index is 0.00503. The van der Waals surface area contributed by atoms with E-state index in [9.17, 15) is 9.59 Å². The molecule has 0 aliphatic carbocycles. The number of carbonyl (C=O) groups is 2. The van der Waals surface area contributed by atoms with Crippen molar-refractivity contribution in [3.63, 3.8) is 0 Å². The van der Waals surface area contributed by atoms with E-state index in [0.717, 1.165) is 9.13 Å². The third kappa shape index (κ3) is 7.01. The quantitative estimate of drug-likeness (QED) is 0.265. The van der Waals surface area contributed by atoms with Crippen LogP contribution in [0, 0.1) is 3.57 Å². The Balaban J connectivity index is 1.94. The number of benzene rings is 2. The van der Waals surface area contributed by atoms with Gasteiger partial charge in [-0.05, 0) is 72.3 Å². The molecule has 0 radical (unpaired) electrons. The Morgan fingerprint density at radius 2 is 1.72 bits per heavy atom. The number of amides is 2. The summed E-state index contributed by atoms with van der Waals surface area (Å²) in [7, 11) is 4.54. The summed E-state index contributed by atoms with van der Waals surface area (Å²) in [6.07, 6.45) is 1.49. The van der Waals surface area contributed by atoms with Crippen molar-refractivity contribution < 1.29 is 28.5 Å². The molecule has 0 saturated carbocycles. The SMILES string of the molecule is COc1ccc(C(=O)NCC(=O)NN=Cc2cc(I)c(OC(C)C)c(OC)c2)cc1OC. The fourth-order valence-electron chi connectivity index (χ4n) is 2.62. The van der Waals surface area contributed by atoms with Gasteiger partial charge in [0.2, 0.25) is 0 Å². The molecule has 2 aromatic carbocycles. The molecule has 0 spiro atoms. The first-order chi connectivity index (χ1) is 15.3. The summed E-state index contributed by atoms with van der Waals surface area (Å²) in [5, 5.41) is 6.47. The maximum absolute atomic E-state index is 12.3. The third-order valence-corrected chi connectivity index (χ3v) is 4.86. The van der Waals surface area contributed by atoms with Crippen LogP contribution in [-0.4, -0.2) is 52.0 Å². The van der Waals surface area contributed by atoms with Gasteiger partial charge in [0.05, 0.1) is 43.8 Å². The Hall–Kier alpha value is -3.02. The number of ether oxygens (including phenoxy) is 4. The van der Waals surface area contributed by atoms with Gasteiger partial charge in [-0.1, -0.05) is 0 Å². The molecule has 32 heavy (non-hydrogen) atoms. The number of hydrazone groups is 1. The highest BCUT2D eigenvalue weighted by atomic mass is 127. The van der Waals surface area contributed by atoms with E-state index in [0.29, 0.717) is 28.6 Å². The molecule has 0 fully saturated rings. The lowest BCUT2D eigenvalue weighted by Gasteiger charge is -2.15. The average Bonchev–Trinajstić information content (AvgIpc) is 2.78. The monoisotopic (exact) mass is 555 g/mol. The normalized spacial score (nSPS) is 10.7. The minimum atomic E-state index is -0.475. The zero-order valence-electron chi connectivity index (χ0n) is 18.5. The van der Waals surface area contributed by atoms with Gasteiger partial charge in [0, 0.05) is 5.56 Å². The molecule has 0 aliphatic rings. The molecule has 172 valence electrons. The highest BCUT2D eigenvalue weighted by Gasteiger charge is 2.13. The van der Waals surface area contributed by atoms with Gasteiger partial charge in [0.25, 0.3) is 11.8 Å². The Kier molecular flexibility index (Phi) is 9.57. The van der Waals surface area contributed by atoms with Gasteiger partial charge >= 0.3 is 0 Å². The predicted octanol–water partition coefficient (Wildman–Crippen LogP) is 2.98. The lowest BCUT2D eigenvalue weighted by atomic mass is 10.2. The van der Waals surface area contributed by atoms with E-state index in [1.165, 1.54) is 26.5 Å². The van der Waals surface area contributed by atoms with Crippen LogP contribution >= 0.6 is 22.6 Å². The second-order valence-electron chi connectivity index (χ2n) is 6.75. The van der Waals surface area contributed by atoms with Gasteiger partial charge in [-0.15, -0.1) is 0 Å². The molecular formula is C22H26IN3O6. The van der Waals surface area contributed by atoms with Crippen LogP contribution in [0.2, 0.25) is 0 Å². The van der Waals surface area contributed by atoms with Crippen molar-refractivity contribution in [1.29, 1.82) is 0 Å². The Bertz CT molecular complexity index is 994. The van der Waals surface area contributed by atoms with Gasteiger partial charge in [0.1, 0.15) is 0 Å². The van der Waals surface area contributed by atoms with E-state index in [1.54, 1.807) is 25.3 Å². The summed E-state index contributed by atoms with van der Waals surface area (Å²) in [4.78, 5) is 24.3. The van der Waals surface area contributed by atoms with E-state index >= 15 is 0 Å². The number of rotatable bonds is 10. The van der Waals surface area contributed by atoms with E-state index in [1.807, 2.05) is 19.9 Å². The highest BCUT2D eigenvalue weighted by molar-refractivity contribution is 14.1. The maximum Gasteiger partial charge on any atom is 0.259 e. The molecule has 0 heterocycles. The van der Waals surface area contributed by atoms with Crippen molar-refractivity contribution in [3.05, 3.63) is 45.0 Å². The minimum Gasteiger partial charge on any atom is -0.493 e. The number of halogens is 1. The summed E-state index contributed by atoms with van der Waals surface area (Å²) in [6, 6.07) is 8.34. The first-order valence-electron chi connectivity index (χ1n) is 9.65. The fourth-order valence-corrected chi connectivity index (χ4v) is 3.38. The van der Waals surface area contributed by atoms with Gasteiger partial charge in [-0.25, -0.2) is 5.43 Å². The number of carbonyl (C=O) groups excluding carboxylic acids is 2. The molecule has 0 bridgehead atoms. The number of methoxy groups -OCH3 is 3. The van der Waals surface area contributed by atoms with Crippen LogP contribution in [0.1, 0.15) is 29.8 Å². The molecule has 0 aliphatic heterocycles. The van der Waals surface area contributed by atoms with Crippen molar-refractivity contribution in [2.24, 2.45) is 5.10 Å². The van der Waals surface area contributed by atoms with Gasteiger partial charge < -0.3 is 24.3 Å². The first kappa shape index (κ1) is 25.2. The first-order valence-corrected chi connectivity index (χ1v) is 10.7. The molecule has 9 nitrogen and oxygen atoms in total. The number of hydrogen-bond donors (Lipinski definition) is 2. The van der Waals surface area contributed by atoms with E-state index < -0.39 is 11.8 Å². The highest BCUT2D eigenvalue weighted by Crippen LogP contribution is 2.34. The Morgan fingerprint density at radius 3 is 2.34 bits per heavy atom. The van der Waals surface area contributed by atoms with Crippen molar-refractivity contribution in [2.75, 3.05) is 27.9 Å². The van der Waals surface area contributed by atoms with Crippen LogP contribution in [0.5, 0.6) is 23.0 Å². The third-order valence-electron chi connectivity index (χ3n) is 4.06.